The van der Waals surface area contributed by atoms with Crippen molar-refractivity contribution in [2.45, 2.75) is 32.7 Å². The first-order valence-electron chi connectivity index (χ1n) is 6.48. The van der Waals surface area contributed by atoms with Gasteiger partial charge in [-0.15, -0.1) is 13.2 Å². The van der Waals surface area contributed by atoms with Gasteiger partial charge in [-0.3, -0.25) is 4.79 Å². The summed E-state index contributed by atoms with van der Waals surface area (Å²) in [5.41, 5.74) is -0.114. The minimum atomic E-state index is -4.86. The summed E-state index contributed by atoms with van der Waals surface area (Å²) in [5.74, 6) is -2.50. The highest BCUT2D eigenvalue weighted by molar-refractivity contribution is 5.96. The van der Waals surface area contributed by atoms with Crippen LogP contribution in [0.4, 0.5) is 13.2 Å². The zero-order valence-corrected chi connectivity index (χ0v) is 12.0. The van der Waals surface area contributed by atoms with Crippen LogP contribution in [-0.4, -0.2) is 29.4 Å². The van der Waals surface area contributed by atoms with Crippen LogP contribution in [0, 0.1) is 5.92 Å². The number of hydrogen-bond donors (Lipinski definition) is 2. The van der Waals surface area contributed by atoms with Crippen molar-refractivity contribution in [3.8, 4) is 5.75 Å². The lowest BCUT2D eigenvalue weighted by Crippen LogP contribution is -2.41. The third-order valence-electron chi connectivity index (χ3n) is 2.64. The lowest BCUT2D eigenvalue weighted by atomic mass is 10.0. The van der Waals surface area contributed by atoms with Crippen molar-refractivity contribution in [3.63, 3.8) is 0 Å². The monoisotopic (exact) mass is 319 g/mol. The SMILES string of the molecule is CC(C)C[C@H](NC(=O)c1cccc(OC(F)(F)F)c1)C(=O)O. The van der Waals surface area contributed by atoms with E-state index in [1.165, 1.54) is 12.1 Å². The number of carbonyl (C=O) groups excluding carboxylic acids is 1. The van der Waals surface area contributed by atoms with E-state index in [1.807, 2.05) is 0 Å². The van der Waals surface area contributed by atoms with Crippen molar-refractivity contribution < 1.29 is 32.6 Å². The van der Waals surface area contributed by atoms with Gasteiger partial charge in [0.25, 0.3) is 5.91 Å². The van der Waals surface area contributed by atoms with Crippen molar-refractivity contribution in [2.75, 3.05) is 0 Å². The van der Waals surface area contributed by atoms with Crippen LogP contribution in [-0.2, 0) is 4.79 Å². The summed E-state index contributed by atoms with van der Waals surface area (Å²) in [6.07, 6.45) is -4.66. The molecule has 0 spiro atoms. The summed E-state index contributed by atoms with van der Waals surface area (Å²) in [7, 11) is 0. The highest BCUT2D eigenvalue weighted by Crippen LogP contribution is 2.23. The Morgan fingerprint density at radius 3 is 2.45 bits per heavy atom. The molecule has 0 aliphatic heterocycles. The first-order valence-corrected chi connectivity index (χ1v) is 6.48. The molecule has 0 aliphatic rings. The number of alkyl halides is 3. The summed E-state index contributed by atoms with van der Waals surface area (Å²) in [6.45, 7) is 3.58. The minimum Gasteiger partial charge on any atom is -0.480 e. The molecule has 8 heteroatoms. The predicted molar refractivity (Wildman–Crippen MR) is 71.5 cm³/mol. The van der Waals surface area contributed by atoms with Crippen LogP contribution in [0.2, 0.25) is 0 Å². The summed E-state index contributed by atoms with van der Waals surface area (Å²) in [6, 6.07) is 3.32. The number of carbonyl (C=O) groups is 2. The van der Waals surface area contributed by atoms with Crippen molar-refractivity contribution in [1.29, 1.82) is 0 Å². The topological polar surface area (TPSA) is 75.6 Å². The molecule has 122 valence electrons. The number of ether oxygens (including phenoxy) is 1. The molecule has 1 amide bonds. The fourth-order valence-electron chi connectivity index (χ4n) is 1.77. The largest absolute Gasteiger partial charge is 0.573 e. The number of carboxylic acids is 1. The molecule has 1 aromatic carbocycles. The second kappa shape index (κ2) is 7.15. The minimum absolute atomic E-state index is 0.0290. The molecule has 0 bridgehead atoms. The molecular weight excluding hydrogens is 303 g/mol. The van der Waals surface area contributed by atoms with E-state index in [2.05, 4.69) is 10.1 Å². The highest BCUT2D eigenvalue weighted by atomic mass is 19.4. The van der Waals surface area contributed by atoms with Gasteiger partial charge in [-0.25, -0.2) is 4.79 Å². The van der Waals surface area contributed by atoms with Gasteiger partial charge in [-0.05, 0) is 30.5 Å². The van der Waals surface area contributed by atoms with Crippen molar-refractivity contribution in [1.82, 2.24) is 5.32 Å². The van der Waals surface area contributed by atoms with Gasteiger partial charge < -0.3 is 15.2 Å². The Morgan fingerprint density at radius 1 is 1.32 bits per heavy atom. The van der Waals surface area contributed by atoms with Gasteiger partial charge in [0.1, 0.15) is 11.8 Å². The van der Waals surface area contributed by atoms with Gasteiger partial charge in [0.15, 0.2) is 0 Å². The number of benzene rings is 1. The van der Waals surface area contributed by atoms with Crippen molar-refractivity contribution in [2.24, 2.45) is 5.92 Å². The van der Waals surface area contributed by atoms with E-state index in [0.717, 1.165) is 12.1 Å². The fourth-order valence-corrected chi connectivity index (χ4v) is 1.77. The van der Waals surface area contributed by atoms with Crippen LogP contribution in [0.3, 0.4) is 0 Å². The van der Waals surface area contributed by atoms with E-state index >= 15 is 0 Å². The van der Waals surface area contributed by atoms with Crippen LogP contribution in [0.15, 0.2) is 24.3 Å². The van der Waals surface area contributed by atoms with Crippen LogP contribution in [0.25, 0.3) is 0 Å². The van der Waals surface area contributed by atoms with Gasteiger partial charge in [-0.2, -0.15) is 0 Å². The Kier molecular flexibility index (Phi) is 5.78. The number of carboxylic acid groups (broad SMARTS) is 1. The van der Waals surface area contributed by atoms with Gasteiger partial charge in [-0.1, -0.05) is 19.9 Å². The maximum absolute atomic E-state index is 12.1. The summed E-state index contributed by atoms with van der Waals surface area (Å²) in [4.78, 5) is 23.0. The normalized spacial score (nSPS) is 12.8. The van der Waals surface area contributed by atoms with Gasteiger partial charge in [0.05, 0.1) is 0 Å². The molecule has 0 heterocycles. The molecule has 22 heavy (non-hydrogen) atoms. The lowest BCUT2D eigenvalue weighted by Gasteiger charge is -2.17. The molecule has 0 unspecified atom stereocenters. The molecule has 1 rings (SSSR count). The van der Waals surface area contributed by atoms with E-state index in [4.69, 9.17) is 5.11 Å². The predicted octanol–water partition coefficient (Wildman–Crippen LogP) is 2.81. The number of hydrogen-bond acceptors (Lipinski definition) is 3. The first-order chi connectivity index (χ1) is 10.1. The van der Waals surface area contributed by atoms with Crippen LogP contribution in [0.1, 0.15) is 30.6 Å². The highest BCUT2D eigenvalue weighted by Gasteiger charge is 2.31. The molecule has 5 nitrogen and oxygen atoms in total. The molecule has 0 fully saturated rings. The van der Waals surface area contributed by atoms with Gasteiger partial charge in [0, 0.05) is 5.56 Å². The molecule has 0 aromatic heterocycles. The standard InChI is InChI=1S/C14H16F3NO4/c1-8(2)6-11(13(20)21)18-12(19)9-4-3-5-10(7-9)22-14(15,16)17/h3-5,7-8,11H,6H2,1-2H3,(H,18,19)(H,20,21)/t11-/m0/s1. The van der Waals surface area contributed by atoms with E-state index < -0.39 is 30.0 Å². The molecule has 0 saturated carbocycles. The fraction of sp³-hybridized carbons (Fsp3) is 0.429. The van der Waals surface area contributed by atoms with E-state index in [9.17, 15) is 22.8 Å². The average molecular weight is 319 g/mol. The maximum atomic E-state index is 12.1. The molecule has 1 aromatic rings. The molecule has 2 N–H and O–H groups in total. The van der Waals surface area contributed by atoms with Crippen LogP contribution >= 0.6 is 0 Å². The number of rotatable bonds is 6. The lowest BCUT2D eigenvalue weighted by molar-refractivity contribution is -0.274. The molecule has 0 radical (unpaired) electrons. The number of amides is 1. The Bertz CT molecular complexity index is 543. The Balaban J connectivity index is 2.84. The third kappa shape index (κ3) is 6.02. The summed E-state index contributed by atoms with van der Waals surface area (Å²) >= 11 is 0. The quantitative estimate of drug-likeness (QED) is 0.845. The van der Waals surface area contributed by atoms with E-state index in [1.54, 1.807) is 13.8 Å². The van der Waals surface area contributed by atoms with E-state index in [-0.39, 0.29) is 17.9 Å². The van der Waals surface area contributed by atoms with Crippen molar-refractivity contribution >= 4 is 11.9 Å². The molecule has 0 aliphatic carbocycles. The zero-order chi connectivity index (χ0) is 16.9. The number of halogens is 3. The van der Waals surface area contributed by atoms with Crippen LogP contribution < -0.4 is 10.1 Å². The summed E-state index contributed by atoms with van der Waals surface area (Å²) in [5, 5.41) is 11.3. The van der Waals surface area contributed by atoms with E-state index in [0.29, 0.717) is 0 Å². The average Bonchev–Trinajstić information content (AvgIpc) is 2.35. The second-order valence-electron chi connectivity index (χ2n) is 5.07. The van der Waals surface area contributed by atoms with Crippen LogP contribution in [0.5, 0.6) is 5.75 Å². The Labute approximate surface area is 125 Å². The first kappa shape index (κ1) is 17.8. The Morgan fingerprint density at radius 2 is 1.95 bits per heavy atom. The number of nitrogens with one attached hydrogen (secondary N) is 1. The van der Waals surface area contributed by atoms with Gasteiger partial charge >= 0.3 is 12.3 Å². The molecule has 0 saturated heterocycles. The Hall–Kier alpha value is -2.25. The zero-order valence-electron chi connectivity index (χ0n) is 12.0. The summed E-state index contributed by atoms with van der Waals surface area (Å²) < 4.78 is 40.1. The molecule has 1 atom stereocenters. The third-order valence-corrected chi connectivity index (χ3v) is 2.64. The maximum Gasteiger partial charge on any atom is 0.573 e. The number of aliphatic carboxylic acids is 1. The smallest absolute Gasteiger partial charge is 0.480 e. The van der Waals surface area contributed by atoms with Gasteiger partial charge in [0.2, 0.25) is 0 Å². The van der Waals surface area contributed by atoms with Crippen molar-refractivity contribution in [3.05, 3.63) is 29.8 Å². The molecular formula is C14H16F3NO4. The second-order valence-corrected chi connectivity index (χ2v) is 5.07.